The molecule has 34 heavy (non-hydrogen) atoms. The van der Waals surface area contributed by atoms with Gasteiger partial charge < -0.3 is 4.42 Å². The number of nitrogens with zero attached hydrogens (tertiary/aromatic N) is 3. The van der Waals surface area contributed by atoms with Crippen molar-refractivity contribution in [2.75, 3.05) is 0 Å². The molecule has 3 aromatic carbocycles. The molecule has 2 heterocycles. The Morgan fingerprint density at radius 2 is 1.50 bits per heavy atom. The number of hydrogen-bond acceptors (Lipinski definition) is 5. The maximum atomic E-state index is 13.2. The molecule has 0 unspecified atom stereocenters. The zero-order valence-electron chi connectivity index (χ0n) is 18.2. The Balaban J connectivity index is 1.40. The van der Waals surface area contributed by atoms with Crippen LogP contribution in [0.4, 0.5) is 0 Å². The Hall–Kier alpha value is -4.16. The Kier molecular flexibility index (Phi) is 6.49. The predicted octanol–water partition coefficient (Wildman–Crippen LogP) is 6.45. The first kappa shape index (κ1) is 21.7. The standard InChI is InChI=1S/C28H21N3O2S/c32-27-26(18-21-13-15-24(16-14-21)23-10-5-2-6-11-23)34-28(31(27)20-25-12-7-17-33-25)30-29-19-22-8-3-1-4-9-22/h1-19H,20H2/b26-18-,29-19+,30-28+. The van der Waals surface area contributed by atoms with E-state index in [1.54, 1.807) is 23.4 Å². The molecule has 1 amide bonds. The molecule has 1 aliphatic rings. The molecule has 0 bridgehead atoms. The van der Waals surface area contributed by atoms with Gasteiger partial charge in [-0.15, -0.1) is 5.10 Å². The molecule has 0 spiro atoms. The largest absolute Gasteiger partial charge is 0.467 e. The van der Waals surface area contributed by atoms with Gasteiger partial charge in [0.1, 0.15) is 5.76 Å². The predicted molar refractivity (Wildman–Crippen MR) is 138 cm³/mol. The van der Waals surface area contributed by atoms with Crippen molar-refractivity contribution in [3.63, 3.8) is 0 Å². The van der Waals surface area contributed by atoms with E-state index in [1.807, 2.05) is 72.8 Å². The molecule has 1 aliphatic heterocycles. The molecule has 1 saturated heterocycles. The molecular weight excluding hydrogens is 442 g/mol. The van der Waals surface area contributed by atoms with Crippen molar-refractivity contribution in [2.24, 2.45) is 10.2 Å². The summed E-state index contributed by atoms with van der Waals surface area (Å²) in [5.74, 6) is 0.560. The lowest BCUT2D eigenvalue weighted by Gasteiger charge is -2.12. The van der Waals surface area contributed by atoms with Gasteiger partial charge in [-0.2, -0.15) is 5.10 Å². The first-order chi connectivity index (χ1) is 16.8. The van der Waals surface area contributed by atoms with Crippen molar-refractivity contribution in [3.8, 4) is 11.1 Å². The van der Waals surface area contributed by atoms with Crippen LogP contribution in [0.3, 0.4) is 0 Å². The van der Waals surface area contributed by atoms with Crippen LogP contribution in [0.2, 0.25) is 0 Å². The van der Waals surface area contributed by atoms with Crippen LogP contribution in [-0.2, 0) is 11.3 Å². The molecule has 6 heteroatoms. The summed E-state index contributed by atoms with van der Waals surface area (Å²) in [6.07, 6.45) is 5.16. The van der Waals surface area contributed by atoms with Crippen LogP contribution in [0.25, 0.3) is 17.2 Å². The second kappa shape index (κ2) is 10.2. The SMILES string of the molecule is O=C1/C(=C/c2ccc(-c3ccccc3)cc2)S/C(=N/N=C/c2ccccc2)N1Cc1ccco1. The molecule has 1 fully saturated rings. The van der Waals surface area contributed by atoms with Gasteiger partial charge in [-0.25, -0.2) is 0 Å². The van der Waals surface area contributed by atoms with Crippen molar-refractivity contribution in [3.05, 3.63) is 125 Å². The molecule has 0 aliphatic carbocycles. The van der Waals surface area contributed by atoms with Crippen LogP contribution in [0, 0.1) is 0 Å². The molecular formula is C28H21N3O2S. The van der Waals surface area contributed by atoms with Gasteiger partial charge in [-0.3, -0.25) is 9.69 Å². The summed E-state index contributed by atoms with van der Waals surface area (Å²) in [6, 6.07) is 31.7. The molecule has 0 atom stereocenters. The van der Waals surface area contributed by atoms with Crippen molar-refractivity contribution in [1.82, 2.24) is 4.90 Å². The number of amidine groups is 1. The van der Waals surface area contributed by atoms with Crippen molar-refractivity contribution < 1.29 is 9.21 Å². The quantitative estimate of drug-likeness (QED) is 0.187. The van der Waals surface area contributed by atoms with E-state index in [9.17, 15) is 4.79 Å². The van der Waals surface area contributed by atoms with E-state index >= 15 is 0 Å². The smallest absolute Gasteiger partial charge is 0.267 e. The van der Waals surface area contributed by atoms with Gasteiger partial charge in [-0.05, 0) is 52.2 Å². The van der Waals surface area contributed by atoms with Crippen LogP contribution < -0.4 is 0 Å². The highest BCUT2D eigenvalue weighted by Crippen LogP contribution is 2.34. The Morgan fingerprint density at radius 1 is 0.794 bits per heavy atom. The van der Waals surface area contributed by atoms with Gasteiger partial charge in [0.2, 0.25) is 0 Å². The minimum atomic E-state index is -0.123. The molecule has 0 radical (unpaired) electrons. The van der Waals surface area contributed by atoms with Crippen LogP contribution in [0.1, 0.15) is 16.9 Å². The summed E-state index contributed by atoms with van der Waals surface area (Å²) in [4.78, 5) is 15.4. The topological polar surface area (TPSA) is 58.2 Å². The number of furan rings is 1. The Labute approximate surface area is 202 Å². The maximum Gasteiger partial charge on any atom is 0.267 e. The average Bonchev–Trinajstić information content (AvgIpc) is 3.50. The maximum absolute atomic E-state index is 13.2. The zero-order chi connectivity index (χ0) is 23.2. The third kappa shape index (κ3) is 5.08. The lowest BCUT2D eigenvalue weighted by molar-refractivity contribution is -0.122. The first-order valence-electron chi connectivity index (χ1n) is 10.8. The highest BCUT2D eigenvalue weighted by atomic mass is 32.2. The Morgan fingerprint density at radius 3 is 2.21 bits per heavy atom. The Bertz CT molecular complexity index is 1340. The van der Waals surface area contributed by atoms with E-state index in [2.05, 4.69) is 34.5 Å². The highest BCUT2D eigenvalue weighted by molar-refractivity contribution is 8.18. The van der Waals surface area contributed by atoms with Gasteiger partial charge in [0.05, 0.1) is 23.9 Å². The molecule has 5 nitrogen and oxygen atoms in total. The number of thioether (sulfide) groups is 1. The second-order valence-corrected chi connectivity index (χ2v) is 8.62. The lowest BCUT2D eigenvalue weighted by atomic mass is 10.0. The van der Waals surface area contributed by atoms with Gasteiger partial charge >= 0.3 is 0 Å². The third-order valence-electron chi connectivity index (χ3n) is 5.25. The number of carbonyl (C=O) groups excluding carboxylic acids is 1. The van der Waals surface area contributed by atoms with Crippen molar-refractivity contribution >= 4 is 35.1 Å². The summed E-state index contributed by atoms with van der Waals surface area (Å²) in [6.45, 7) is 0.294. The normalized spacial score (nSPS) is 16.2. The van der Waals surface area contributed by atoms with Crippen LogP contribution in [0.15, 0.2) is 123 Å². The third-order valence-corrected chi connectivity index (χ3v) is 6.24. The van der Waals surface area contributed by atoms with Gasteiger partial charge in [0.15, 0.2) is 5.17 Å². The summed E-state index contributed by atoms with van der Waals surface area (Å²) < 4.78 is 5.46. The fourth-order valence-electron chi connectivity index (χ4n) is 3.52. The average molecular weight is 464 g/mol. The van der Waals surface area contributed by atoms with E-state index in [0.717, 1.165) is 22.3 Å². The monoisotopic (exact) mass is 463 g/mol. The lowest BCUT2D eigenvalue weighted by Crippen LogP contribution is -2.28. The molecule has 5 rings (SSSR count). The summed E-state index contributed by atoms with van der Waals surface area (Å²) >= 11 is 1.31. The zero-order valence-corrected chi connectivity index (χ0v) is 19.1. The first-order valence-corrected chi connectivity index (χ1v) is 11.6. The van der Waals surface area contributed by atoms with E-state index in [1.165, 1.54) is 11.8 Å². The van der Waals surface area contributed by atoms with Gasteiger partial charge in [-0.1, -0.05) is 84.9 Å². The number of hydrogen-bond donors (Lipinski definition) is 0. The van der Waals surface area contributed by atoms with Gasteiger partial charge in [0.25, 0.3) is 5.91 Å². The molecule has 1 aromatic heterocycles. The van der Waals surface area contributed by atoms with E-state index in [4.69, 9.17) is 4.42 Å². The van der Waals surface area contributed by atoms with E-state index in [-0.39, 0.29) is 5.91 Å². The van der Waals surface area contributed by atoms with Crippen LogP contribution in [0.5, 0.6) is 0 Å². The molecule has 0 N–H and O–H groups in total. The minimum absolute atomic E-state index is 0.123. The second-order valence-electron chi connectivity index (χ2n) is 7.61. The number of carbonyl (C=O) groups is 1. The number of amides is 1. The highest BCUT2D eigenvalue weighted by Gasteiger charge is 2.34. The summed E-state index contributed by atoms with van der Waals surface area (Å²) in [5.41, 5.74) is 4.17. The fraction of sp³-hybridized carbons (Fsp3) is 0.0357. The molecule has 4 aromatic rings. The summed E-state index contributed by atoms with van der Waals surface area (Å²) in [7, 11) is 0. The summed E-state index contributed by atoms with van der Waals surface area (Å²) in [5, 5.41) is 9.08. The van der Waals surface area contributed by atoms with Crippen molar-refractivity contribution in [2.45, 2.75) is 6.54 Å². The van der Waals surface area contributed by atoms with Crippen LogP contribution in [-0.4, -0.2) is 22.2 Å². The number of rotatable bonds is 6. The molecule has 0 saturated carbocycles. The van der Waals surface area contributed by atoms with Gasteiger partial charge in [0, 0.05) is 0 Å². The fourth-order valence-corrected chi connectivity index (χ4v) is 4.45. The van der Waals surface area contributed by atoms with Crippen molar-refractivity contribution in [1.29, 1.82) is 0 Å². The van der Waals surface area contributed by atoms with E-state index in [0.29, 0.717) is 22.4 Å². The van der Waals surface area contributed by atoms with Crippen LogP contribution >= 0.6 is 11.8 Å². The number of benzene rings is 3. The molecule has 166 valence electrons. The van der Waals surface area contributed by atoms with E-state index < -0.39 is 0 Å². The minimum Gasteiger partial charge on any atom is -0.467 e.